The van der Waals surface area contributed by atoms with Crippen LogP contribution in [0.3, 0.4) is 0 Å². The highest BCUT2D eigenvalue weighted by molar-refractivity contribution is 5.76. The second kappa shape index (κ2) is 6.50. The molecule has 0 saturated heterocycles. The van der Waals surface area contributed by atoms with E-state index < -0.39 is 0 Å². The van der Waals surface area contributed by atoms with E-state index in [0.29, 0.717) is 18.6 Å². The van der Waals surface area contributed by atoms with Crippen molar-refractivity contribution in [1.29, 1.82) is 0 Å². The fourth-order valence-electron chi connectivity index (χ4n) is 3.19. The first-order chi connectivity index (χ1) is 10.2. The van der Waals surface area contributed by atoms with Crippen LogP contribution in [0.15, 0.2) is 12.4 Å². The first-order valence-electron chi connectivity index (χ1n) is 8.29. The number of carbonyl (C=O) groups excluding carboxylic acids is 1. The van der Waals surface area contributed by atoms with E-state index in [0.717, 1.165) is 24.4 Å². The van der Waals surface area contributed by atoms with Crippen molar-refractivity contribution in [2.45, 2.75) is 70.5 Å². The molecule has 21 heavy (non-hydrogen) atoms. The minimum absolute atomic E-state index is 0.0625. The molecule has 1 unspecified atom stereocenters. The lowest BCUT2D eigenvalue weighted by molar-refractivity contribution is -0.122. The number of hydrogen-bond donors (Lipinski definition) is 2. The Hall–Kier alpha value is -1.52. The predicted molar refractivity (Wildman–Crippen MR) is 83.1 cm³/mol. The summed E-state index contributed by atoms with van der Waals surface area (Å²) in [5.74, 6) is 0.827. The molecule has 1 atom stereocenters. The van der Waals surface area contributed by atoms with Gasteiger partial charge in [-0.25, -0.2) is 0 Å². The van der Waals surface area contributed by atoms with Crippen molar-refractivity contribution in [3.05, 3.63) is 12.4 Å². The van der Waals surface area contributed by atoms with Gasteiger partial charge >= 0.3 is 0 Å². The number of hydrogen-bond acceptors (Lipinski definition) is 3. The van der Waals surface area contributed by atoms with Crippen molar-refractivity contribution < 1.29 is 4.79 Å². The predicted octanol–water partition coefficient (Wildman–Crippen LogP) is 2.54. The van der Waals surface area contributed by atoms with Crippen LogP contribution in [0.4, 0.5) is 5.69 Å². The maximum atomic E-state index is 11.7. The van der Waals surface area contributed by atoms with Gasteiger partial charge in [0, 0.05) is 18.3 Å². The average Bonchev–Trinajstić information content (AvgIpc) is 3.19. The van der Waals surface area contributed by atoms with E-state index in [-0.39, 0.29) is 5.91 Å². The lowest BCUT2D eigenvalue weighted by Gasteiger charge is -2.28. The molecular weight excluding hydrogens is 264 g/mol. The number of anilines is 1. The van der Waals surface area contributed by atoms with Crippen molar-refractivity contribution in [1.82, 2.24) is 15.1 Å². The van der Waals surface area contributed by atoms with Gasteiger partial charge in [-0.1, -0.05) is 19.3 Å². The smallest absolute Gasteiger partial charge is 0.241 e. The second-order valence-corrected chi connectivity index (χ2v) is 6.60. The topological polar surface area (TPSA) is 59.0 Å². The van der Waals surface area contributed by atoms with Gasteiger partial charge in [0.05, 0.1) is 11.9 Å². The van der Waals surface area contributed by atoms with Gasteiger partial charge in [0.25, 0.3) is 0 Å². The van der Waals surface area contributed by atoms with Gasteiger partial charge < -0.3 is 10.6 Å². The van der Waals surface area contributed by atoms with E-state index in [1.165, 1.54) is 32.1 Å². The van der Waals surface area contributed by atoms with Crippen LogP contribution in [0.25, 0.3) is 0 Å². The highest BCUT2D eigenvalue weighted by Crippen LogP contribution is 2.27. The maximum Gasteiger partial charge on any atom is 0.241 e. The van der Waals surface area contributed by atoms with Gasteiger partial charge in [-0.05, 0) is 38.5 Å². The monoisotopic (exact) mass is 290 g/mol. The molecule has 2 fully saturated rings. The van der Waals surface area contributed by atoms with Crippen molar-refractivity contribution in [3.63, 3.8) is 0 Å². The van der Waals surface area contributed by atoms with Crippen LogP contribution in [-0.4, -0.2) is 27.8 Å². The van der Waals surface area contributed by atoms with Crippen LogP contribution in [0.1, 0.15) is 51.9 Å². The molecule has 0 spiro atoms. The Balaban J connectivity index is 1.48. The van der Waals surface area contributed by atoms with Gasteiger partial charge in [0.1, 0.15) is 6.54 Å². The molecular formula is C16H26N4O. The molecule has 0 radical (unpaired) electrons. The molecule has 2 saturated carbocycles. The Bertz CT molecular complexity index is 474. The highest BCUT2D eigenvalue weighted by Gasteiger charge is 2.23. The number of aromatic nitrogens is 2. The van der Waals surface area contributed by atoms with Crippen LogP contribution in [0.2, 0.25) is 0 Å². The zero-order chi connectivity index (χ0) is 14.7. The van der Waals surface area contributed by atoms with Gasteiger partial charge in [0.15, 0.2) is 0 Å². The van der Waals surface area contributed by atoms with Crippen LogP contribution >= 0.6 is 0 Å². The number of rotatable bonds is 6. The molecule has 5 nitrogen and oxygen atoms in total. The van der Waals surface area contributed by atoms with E-state index in [4.69, 9.17) is 0 Å². The Morgan fingerprint density at radius 2 is 2.10 bits per heavy atom. The number of amides is 1. The summed E-state index contributed by atoms with van der Waals surface area (Å²) in [5, 5.41) is 10.8. The summed E-state index contributed by atoms with van der Waals surface area (Å²) in [5.41, 5.74) is 1.02. The Kier molecular flexibility index (Phi) is 4.46. The van der Waals surface area contributed by atoms with Gasteiger partial charge in [-0.2, -0.15) is 5.10 Å². The fourth-order valence-corrected chi connectivity index (χ4v) is 3.19. The summed E-state index contributed by atoms with van der Waals surface area (Å²) in [7, 11) is 0. The molecule has 1 aromatic heterocycles. The summed E-state index contributed by atoms with van der Waals surface area (Å²) < 4.78 is 1.72. The van der Waals surface area contributed by atoms with Gasteiger partial charge in [0.2, 0.25) is 5.91 Å². The van der Waals surface area contributed by atoms with Gasteiger partial charge in [-0.3, -0.25) is 9.48 Å². The molecule has 5 heteroatoms. The van der Waals surface area contributed by atoms with Crippen molar-refractivity contribution in [2.75, 3.05) is 5.32 Å². The molecule has 1 amide bonds. The summed E-state index contributed by atoms with van der Waals surface area (Å²) >= 11 is 0. The van der Waals surface area contributed by atoms with Crippen LogP contribution < -0.4 is 10.6 Å². The molecule has 116 valence electrons. The minimum atomic E-state index is 0.0625. The largest absolute Gasteiger partial charge is 0.380 e. The van der Waals surface area contributed by atoms with Crippen LogP contribution in [-0.2, 0) is 11.3 Å². The molecule has 2 aliphatic carbocycles. The van der Waals surface area contributed by atoms with Crippen LogP contribution in [0, 0.1) is 5.92 Å². The quantitative estimate of drug-likeness (QED) is 0.846. The van der Waals surface area contributed by atoms with Gasteiger partial charge in [-0.15, -0.1) is 0 Å². The Morgan fingerprint density at radius 1 is 1.33 bits per heavy atom. The maximum absolute atomic E-state index is 11.7. The molecule has 1 heterocycles. The summed E-state index contributed by atoms with van der Waals surface area (Å²) in [4.78, 5) is 11.7. The zero-order valence-corrected chi connectivity index (χ0v) is 12.8. The summed E-state index contributed by atoms with van der Waals surface area (Å²) in [6.07, 6.45) is 12.8. The number of nitrogens with one attached hydrogen (secondary N) is 2. The standard InChI is InChI=1S/C16H26N4O/c1-12(13-5-3-2-4-6-13)18-15-9-17-20(10-15)11-16(21)19-14-7-8-14/h9-10,12-14,18H,2-8,11H2,1H3,(H,19,21). The van der Waals surface area contributed by atoms with Crippen molar-refractivity contribution in [2.24, 2.45) is 5.92 Å². The lowest BCUT2D eigenvalue weighted by atomic mass is 9.84. The molecule has 1 aromatic rings. The first-order valence-corrected chi connectivity index (χ1v) is 8.29. The van der Waals surface area contributed by atoms with E-state index in [9.17, 15) is 4.79 Å². The van der Waals surface area contributed by atoms with Crippen LogP contribution in [0.5, 0.6) is 0 Å². The van der Waals surface area contributed by atoms with E-state index >= 15 is 0 Å². The average molecular weight is 290 g/mol. The number of carbonyl (C=O) groups is 1. The first kappa shape index (κ1) is 14.4. The SMILES string of the molecule is CC(Nc1cnn(CC(=O)NC2CC2)c1)C1CCCCC1. The normalized spacial score (nSPS) is 21.0. The van der Waals surface area contributed by atoms with E-state index in [1.54, 1.807) is 4.68 Å². The van der Waals surface area contributed by atoms with Crippen molar-refractivity contribution in [3.8, 4) is 0 Å². The molecule has 0 aromatic carbocycles. The molecule has 3 rings (SSSR count). The summed E-state index contributed by atoms with van der Waals surface area (Å²) in [6.45, 7) is 2.57. The highest BCUT2D eigenvalue weighted by atomic mass is 16.2. The lowest BCUT2D eigenvalue weighted by Crippen LogP contribution is -2.29. The zero-order valence-electron chi connectivity index (χ0n) is 12.8. The third kappa shape index (κ3) is 4.22. The Labute approximate surface area is 126 Å². The third-order valence-corrected chi connectivity index (χ3v) is 4.63. The fraction of sp³-hybridized carbons (Fsp3) is 0.750. The Morgan fingerprint density at radius 3 is 2.81 bits per heavy atom. The molecule has 2 N–H and O–H groups in total. The van der Waals surface area contributed by atoms with E-state index in [1.807, 2.05) is 12.4 Å². The minimum Gasteiger partial charge on any atom is -0.380 e. The summed E-state index contributed by atoms with van der Waals surface area (Å²) in [6, 6.07) is 0.889. The third-order valence-electron chi connectivity index (χ3n) is 4.63. The molecule has 0 bridgehead atoms. The van der Waals surface area contributed by atoms with E-state index in [2.05, 4.69) is 22.7 Å². The number of nitrogens with zero attached hydrogens (tertiary/aromatic N) is 2. The molecule has 2 aliphatic rings. The second-order valence-electron chi connectivity index (χ2n) is 6.60. The van der Waals surface area contributed by atoms with Crippen molar-refractivity contribution >= 4 is 11.6 Å². The molecule has 0 aliphatic heterocycles.